The molecule has 1 N–H and O–H groups in total. The molecular formula is C13H23NO4. The summed E-state index contributed by atoms with van der Waals surface area (Å²) in [6, 6.07) is 0. The molecule has 0 aromatic rings. The van der Waals surface area contributed by atoms with E-state index in [1.807, 2.05) is 6.92 Å². The van der Waals surface area contributed by atoms with Crippen LogP contribution in [-0.2, 0) is 14.3 Å². The maximum Gasteiger partial charge on any atom is 0.303 e. The molecule has 1 aliphatic carbocycles. The van der Waals surface area contributed by atoms with Gasteiger partial charge in [-0.25, -0.2) is 0 Å². The molecule has 0 aromatic carbocycles. The molecule has 5 nitrogen and oxygen atoms in total. The van der Waals surface area contributed by atoms with Gasteiger partial charge in [0.2, 0.25) is 0 Å². The first kappa shape index (κ1) is 15.0. The smallest absolute Gasteiger partial charge is 0.303 e. The van der Waals surface area contributed by atoms with Gasteiger partial charge in [0.25, 0.3) is 5.91 Å². The van der Waals surface area contributed by atoms with Crippen molar-refractivity contribution in [2.45, 2.75) is 51.0 Å². The molecular weight excluding hydrogens is 234 g/mol. The van der Waals surface area contributed by atoms with Crippen molar-refractivity contribution in [1.29, 1.82) is 0 Å². The predicted octanol–water partition coefficient (Wildman–Crippen LogP) is 1.66. The third-order valence-corrected chi connectivity index (χ3v) is 3.45. The average Bonchev–Trinajstić information content (AvgIpc) is 2.77. The van der Waals surface area contributed by atoms with E-state index in [0.717, 1.165) is 25.7 Å². The van der Waals surface area contributed by atoms with E-state index in [-0.39, 0.29) is 12.3 Å². The molecule has 0 bridgehead atoms. The van der Waals surface area contributed by atoms with Crippen LogP contribution in [0.3, 0.4) is 0 Å². The topological polar surface area (TPSA) is 66.8 Å². The Kier molecular flexibility index (Phi) is 5.59. The van der Waals surface area contributed by atoms with Gasteiger partial charge in [-0.15, -0.1) is 0 Å². The maximum atomic E-state index is 12.4. The Bertz CT molecular complexity index is 297. The highest BCUT2D eigenvalue weighted by atomic mass is 16.5. The summed E-state index contributed by atoms with van der Waals surface area (Å²) in [5, 5.41) is 8.58. The molecule has 18 heavy (non-hydrogen) atoms. The van der Waals surface area contributed by atoms with Gasteiger partial charge >= 0.3 is 5.97 Å². The lowest BCUT2D eigenvalue weighted by atomic mass is 10.00. The molecule has 0 atom stereocenters. The maximum absolute atomic E-state index is 12.4. The fourth-order valence-corrected chi connectivity index (χ4v) is 2.56. The molecule has 5 heteroatoms. The molecule has 104 valence electrons. The molecule has 0 radical (unpaired) electrons. The summed E-state index contributed by atoms with van der Waals surface area (Å²) in [4.78, 5) is 24.4. The Morgan fingerprint density at radius 1 is 1.33 bits per heavy atom. The Hall–Kier alpha value is -1.10. The van der Waals surface area contributed by atoms with E-state index in [1.165, 1.54) is 0 Å². The Balaban J connectivity index is 2.52. The van der Waals surface area contributed by atoms with Crippen LogP contribution in [-0.4, -0.2) is 47.7 Å². The SMILES string of the molecule is CCOC1(C(=O)N(C)CCCC(=O)O)CCCC1. The van der Waals surface area contributed by atoms with Crippen LogP contribution < -0.4 is 0 Å². The highest BCUT2D eigenvalue weighted by molar-refractivity contribution is 5.85. The van der Waals surface area contributed by atoms with E-state index in [4.69, 9.17) is 9.84 Å². The third kappa shape index (κ3) is 3.70. The third-order valence-electron chi connectivity index (χ3n) is 3.45. The molecule has 0 unspecified atom stereocenters. The first-order valence-corrected chi connectivity index (χ1v) is 6.63. The van der Waals surface area contributed by atoms with Crippen molar-refractivity contribution in [3.8, 4) is 0 Å². The number of amides is 1. The number of carbonyl (C=O) groups excluding carboxylic acids is 1. The van der Waals surface area contributed by atoms with Crippen molar-refractivity contribution in [2.75, 3.05) is 20.2 Å². The standard InChI is InChI=1S/C13H23NO4/c1-3-18-13(8-4-5-9-13)12(17)14(2)10-6-7-11(15)16/h3-10H2,1-2H3,(H,15,16). The number of ether oxygens (including phenoxy) is 1. The minimum absolute atomic E-state index is 0.00670. The molecule has 1 amide bonds. The molecule has 0 saturated heterocycles. The van der Waals surface area contributed by atoms with Crippen molar-refractivity contribution in [3.05, 3.63) is 0 Å². The summed E-state index contributed by atoms with van der Waals surface area (Å²) in [5.41, 5.74) is -0.646. The second-order valence-electron chi connectivity index (χ2n) is 4.86. The van der Waals surface area contributed by atoms with Crippen LogP contribution in [0.5, 0.6) is 0 Å². The summed E-state index contributed by atoms with van der Waals surface area (Å²) < 4.78 is 5.69. The van der Waals surface area contributed by atoms with Gasteiger partial charge in [0, 0.05) is 26.6 Å². The largest absolute Gasteiger partial charge is 0.481 e. The lowest BCUT2D eigenvalue weighted by Gasteiger charge is -2.32. The van der Waals surface area contributed by atoms with Gasteiger partial charge < -0.3 is 14.7 Å². The number of hydrogen-bond acceptors (Lipinski definition) is 3. The Morgan fingerprint density at radius 3 is 2.44 bits per heavy atom. The van der Waals surface area contributed by atoms with Gasteiger partial charge in [-0.05, 0) is 39.0 Å². The van der Waals surface area contributed by atoms with Crippen molar-refractivity contribution in [1.82, 2.24) is 4.90 Å². The highest BCUT2D eigenvalue weighted by Crippen LogP contribution is 2.34. The van der Waals surface area contributed by atoms with Crippen LogP contribution in [0.25, 0.3) is 0 Å². The van der Waals surface area contributed by atoms with Crippen molar-refractivity contribution in [2.24, 2.45) is 0 Å². The molecule has 1 saturated carbocycles. The van der Waals surface area contributed by atoms with Gasteiger partial charge in [0.05, 0.1) is 0 Å². The summed E-state index contributed by atoms with van der Waals surface area (Å²) in [5.74, 6) is -0.816. The van der Waals surface area contributed by atoms with Crippen molar-refractivity contribution >= 4 is 11.9 Å². The quantitative estimate of drug-likeness (QED) is 0.753. The average molecular weight is 257 g/mol. The zero-order valence-corrected chi connectivity index (χ0v) is 11.3. The lowest BCUT2D eigenvalue weighted by Crippen LogP contribution is -2.48. The number of carboxylic acids is 1. The number of hydrogen-bond donors (Lipinski definition) is 1. The Labute approximate surface area is 108 Å². The number of carboxylic acid groups (broad SMARTS) is 1. The molecule has 1 rings (SSSR count). The van der Waals surface area contributed by atoms with E-state index in [1.54, 1.807) is 11.9 Å². The van der Waals surface area contributed by atoms with Crippen LogP contribution in [0.1, 0.15) is 45.4 Å². The summed E-state index contributed by atoms with van der Waals surface area (Å²) >= 11 is 0. The highest BCUT2D eigenvalue weighted by Gasteiger charge is 2.43. The van der Waals surface area contributed by atoms with E-state index in [0.29, 0.717) is 19.6 Å². The van der Waals surface area contributed by atoms with Gasteiger partial charge in [0.1, 0.15) is 5.60 Å². The van der Waals surface area contributed by atoms with Crippen LogP contribution >= 0.6 is 0 Å². The van der Waals surface area contributed by atoms with Gasteiger partial charge in [0.15, 0.2) is 0 Å². The number of nitrogens with zero attached hydrogens (tertiary/aromatic N) is 1. The molecule has 1 fully saturated rings. The van der Waals surface area contributed by atoms with Gasteiger partial charge in [-0.3, -0.25) is 9.59 Å². The van der Waals surface area contributed by atoms with Crippen LogP contribution in [0.2, 0.25) is 0 Å². The summed E-state index contributed by atoms with van der Waals surface area (Å²) in [7, 11) is 1.73. The minimum Gasteiger partial charge on any atom is -0.481 e. The fraction of sp³-hybridized carbons (Fsp3) is 0.846. The van der Waals surface area contributed by atoms with Gasteiger partial charge in [-0.1, -0.05) is 0 Å². The Morgan fingerprint density at radius 2 is 1.94 bits per heavy atom. The molecule has 0 aliphatic heterocycles. The van der Waals surface area contributed by atoms with Gasteiger partial charge in [-0.2, -0.15) is 0 Å². The molecule has 0 aromatic heterocycles. The van der Waals surface area contributed by atoms with Crippen LogP contribution in [0.4, 0.5) is 0 Å². The second kappa shape index (κ2) is 6.73. The zero-order chi connectivity index (χ0) is 13.6. The number of aliphatic carboxylic acids is 1. The number of carbonyl (C=O) groups is 2. The summed E-state index contributed by atoms with van der Waals surface area (Å²) in [6.07, 6.45) is 4.19. The van der Waals surface area contributed by atoms with Crippen molar-refractivity contribution < 1.29 is 19.4 Å². The number of rotatable bonds is 7. The van der Waals surface area contributed by atoms with E-state index in [2.05, 4.69) is 0 Å². The fourth-order valence-electron chi connectivity index (χ4n) is 2.56. The number of likely N-dealkylation sites (N-methyl/N-ethyl adjacent to an activating group) is 1. The lowest BCUT2D eigenvalue weighted by molar-refractivity contribution is -0.156. The summed E-state index contributed by atoms with van der Waals surface area (Å²) in [6.45, 7) is 2.91. The van der Waals surface area contributed by atoms with Crippen LogP contribution in [0.15, 0.2) is 0 Å². The molecule has 1 aliphatic rings. The van der Waals surface area contributed by atoms with E-state index < -0.39 is 11.6 Å². The second-order valence-corrected chi connectivity index (χ2v) is 4.86. The predicted molar refractivity (Wildman–Crippen MR) is 67.3 cm³/mol. The van der Waals surface area contributed by atoms with E-state index >= 15 is 0 Å². The first-order valence-electron chi connectivity index (χ1n) is 6.63. The zero-order valence-electron chi connectivity index (χ0n) is 11.3. The monoisotopic (exact) mass is 257 g/mol. The minimum atomic E-state index is -0.823. The van der Waals surface area contributed by atoms with E-state index in [9.17, 15) is 9.59 Å². The normalized spacial score (nSPS) is 17.7. The molecule has 0 spiro atoms. The van der Waals surface area contributed by atoms with Crippen LogP contribution in [0, 0.1) is 0 Å². The molecule has 0 heterocycles. The first-order chi connectivity index (χ1) is 8.52. The van der Waals surface area contributed by atoms with Crippen molar-refractivity contribution in [3.63, 3.8) is 0 Å².